The second-order valence-corrected chi connectivity index (χ2v) is 5.09. The summed E-state index contributed by atoms with van der Waals surface area (Å²) in [6.45, 7) is 2.03. The van der Waals surface area contributed by atoms with Crippen molar-refractivity contribution in [2.75, 3.05) is 12.0 Å². The van der Waals surface area contributed by atoms with Crippen LogP contribution in [0.2, 0.25) is 0 Å². The summed E-state index contributed by atoms with van der Waals surface area (Å²) in [6.07, 6.45) is 1.95. The normalized spacial score (nSPS) is 10.3. The zero-order valence-electron chi connectivity index (χ0n) is 10.2. The number of hydrogen-bond acceptors (Lipinski definition) is 5. The van der Waals surface area contributed by atoms with E-state index in [4.69, 9.17) is 18.0 Å². The van der Waals surface area contributed by atoms with E-state index >= 15 is 0 Å². The molecule has 0 saturated heterocycles. The molecule has 1 heterocycles. The first-order valence-electron chi connectivity index (χ1n) is 5.40. The van der Waals surface area contributed by atoms with Crippen LogP contribution < -0.4 is 5.73 Å². The topological polar surface area (TPSA) is 51.8 Å². The number of thioether (sulfide) groups is 1. The lowest BCUT2D eigenvalue weighted by Gasteiger charge is -2.06. The number of thiocarbonyl (C=S) groups is 1. The molecule has 2 aromatic rings. The van der Waals surface area contributed by atoms with Crippen LogP contribution in [-0.2, 0) is 0 Å². The number of rotatable bonds is 3. The molecule has 0 atom stereocenters. The van der Waals surface area contributed by atoms with Crippen LogP contribution >= 0.6 is 24.0 Å². The highest BCUT2D eigenvalue weighted by molar-refractivity contribution is 7.98. The number of hydrogen-bond donors (Lipinski definition) is 1. The minimum Gasteiger partial charge on any atom is -0.384 e. The zero-order valence-corrected chi connectivity index (χ0v) is 11.8. The maximum Gasteiger partial charge on any atom is 0.174 e. The predicted molar refractivity (Wildman–Crippen MR) is 80.2 cm³/mol. The molecular formula is C13H13N3S2. The summed E-state index contributed by atoms with van der Waals surface area (Å²) >= 11 is 6.95. The van der Waals surface area contributed by atoms with Crippen molar-refractivity contribution in [2.45, 2.75) is 11.9 Å². The number of nitrogen functional groups attached to an aromatic ring is 1. The van der Waals surface area contributed by atoms with Gasteiger partial charge in [-0.05, 0) is 18.7 Å². The summed E-state index contributed by atoms with van der Waals surface area (Å²) in [4.78, 5) is 9.21. The molecule has 0 radical (unpaired) electrons. The predicted octanol–water partition coefficient (Wildman–Crippen LogP) is 2.86. The van der Waals surface area contributed by atoms with Gasteiger partial charge < -0.3 is 5.73 Å². The molecule has 92 valence electrons. The molecular weight excluding hydrogens is 262 g/mol. The molecule has 0 aliphatic rings. The minimum absolute atomic E-state index is 0.444. The standard InChI is InChI=1S/C13H13N3S2/c1-8-4-3-5-9(6-8)12(17)13-15-10(14)7-11(16-13)18-2/h3-7H,1-2H3,(H2,14,15,16). The summed E-state index contributed by atoms with van der Waals surface area (Å²) in [7, 11) is 0. The summed E-state index contributed by atoms with van der Waals surface area (Å²) in [5, 5.41) is 0.826. The third kappa shape index (κ3) is 2.86. The maximum atomic E-state index is 5.76. The number of anilines is 1. The smallest absolute Gasteiger partial charge is 0.174 e. The van der Waals surface area contributed by atoms with Gasteiger partial charge in [0.05, 0.1) is 4.86 Å². The van der Waals surface area contributed by atoms with Crippen LogP contribution in [0.4, 0.5) is 5.82 Å². The van der Waals surface area contributed by atoms with Gasteiger partial charge in [0.15, 0.2) is 5.82 Å². The SMILES string of the molecule is CSc1cc(N)nc(C(=S)c2cccc(C)c2)n1. The summed E-state index contributed by atoms with van der Waals surface area (Å²) in [5.41, 5.74) is 7.86. The fraction of sp³-hybridized carbons (Fsp3) is 0.154. The number of benzene rings is 1. The van der Waals surface area contributed by atoms with Crippen molar-refractivity contribution < 1.29 is 0 Å². The molecule has 2 rings (SSSR count). The molecule has 0 unspecified atom stereocenters. The van der Waals surface area contributed by atoms with Gasteiger partial charge in [0.2, 0.25) is 0 Å². The fourth-order valence-electron chi connectivity index (χ4n) is 1.56. The summed E-state index contributed by atoms with van der Waals surface area (Å²) in [6, 6.07) is 9.72. The number of aromatic nitrogens is 2. The van der Waals surface area contributed by atoms with Gasteiger partial charge in [0, 0.05) is 6.07 Å². The lowest BCUT2D eigenvalue weighted by atomic mass is 10.1. The molecule has 1 aromatic carbocycles. The minimum atomic E-state index is 0.444. The van der Waals surface area contributed by atoms with Crippen LogP contribution in [-0.4, -0.2) is 21.1 Å². The second-order valence-electron chi connectivity index (χ2n) is 3.86. The average Bonchev–Trinajstić information content (AvgIpc) is 2.37. The Morgan fingerprint density at radius 1 is 1.28 bits per heavy atom. The molecule has 18 heavy (non-hydrogen) atoms. The third-order valence-corrected chi connectivity index (χ3v) is 3.46. The van der Waals surface area contributed by atoms with Crippen molar-refractivity contribution in [2.24, 2.45) is 0 Å². The number of nitrogens with zero attached hydrogens (tertiary/aromatic N) is 2. The van der Waals surface area contributed by atoms with Gasteiger partial charge in [-0.2, -0.15) is 0 Å². The lowest BCUT2D eigenvalue weighted by molar-refractivity contribution is 1.04. The summed E-state index contributed by atoms with van der Waals surface area (Å²) < 4.78 is 0. The van der Waals surface area contributed by atoms with Crippen LogP contribution in [0.25, 0.3) is 0 Å². The fourth-order valence-corrected chi connectivity index (χ4v) is 2.20. The van der Waals surface area contributed by atoms with Crippen molar-refractivity contribution in [1.29, 1.82) is 0 Å². The lowest BCUT2D eigenvalue weighted by Crippen LogP contribution is -2.08. The van der Waals surface area contributed by atoms with Crippen molar-refractivity contribution in [3.8, 4) is 0 Å². The number of aryl methyl sites for hydroxylation is 1. The Labute approximate surface area is 116 Å². The van der Waals surface area contributed by atoms with Crippen LogP contribution in [0.3, 0.4) is 0 Å². The van der Waals surface area contributed by atoms with E-state index in [1.165, 1.54) is 11.8 Å². The van der Waals surface area contributed by atoms with Crippen molar-refractivity contribution in [3.63, 3.8) is 0 Å². The molecule has 3 nitrogen and oxygen atoms in total. The van der Waals surface area contributed by atoms with Crippen molar-refractivity contribution in [3.05, 3.63) is 47.3 Å². The Balaban J connectivity index is 2.42. The molecule has 0 aliphatic heterocycles. The van der Waals surface area contributed by atoms with Gasteiger partial charge in [0.1, 0.15) is 10.8 Å². The molecule has 0 saturated carbocycles. The monoisotopic (exact) mass is 275 g/mol. The Morgan fingerprint density at radius 2 is 2.06 bits per heavy atom. The summed E-state index contributed by atoms with van der Waals surface area (Å²) in [5.74, 6) is 0.958. The zero-order chi connectivity index (χ0) is 13.1. The Bertz CT molecular complexity index is 597. The first-order valence-corrected chi connectivity index (χ1v) is 7.03. The van der Waals surface area contributed by atoms with E-state index < -0.39 is 0 Å². The van der Waals surface area contributed by atoms with Gasteiger partial charge in [-0.15, -0.1) is 11.8 Å². The first kappa shape index (κ1) is 13.0. The van der Waals surface area contributed by atoms with Crippen LogP contribution in [0.15, 0.2) is 35.4 Å². The Kier molecular flexibility index (Phi) is 3.93. The highest BCUT2D eigenvalue weighted by Crippen LogP contribution is 2.17. The van der Waals surface area contributed by atoms with Gasteiger partial charge in [0.25, 0.3) is 0 Å². The molecule has 0 amide bonds. The van der Waals surface area contributed by atoms with E-state index in [1.54, 1.807) is 6.07 Å². The molecule has 0 aliphatic carbocycles. The highest BCUT2D eigenvalue weighted by atomic mass is 32.2. The van der Waals surface area contributed by atoms with Crippen molar-refractivity contribution in [1.82, 2.24) is 9.97 Å². The van der Waals surface area contributed by atoms with E-state index in [9.17, 15) is 0 Å². The second kappa shape index (κ2) is 5.46. The maximum absolute atomic E-state index is 5.76. The molecule has 2 N–H and O–H groups in total. The largest absolute Gasteiger partial charge is 0.384 e. The molecule has 0 spiro atoms. The van der Waals surface area contributed by atoms with E-state index in [2.05, 4.69) is 9.97 Å². The van der Waals surface area contributed by atoms with Crippen molar-refractivity contribution >= 4 is 34.7 Å². The van der Waals surface area contributed by atoms with Gasteiger partial charge >= 0.3 is 0 Å². The van der Waals surface area contributed by atoms with Gasteiger partial charge in [-0.3, -0.25) is 0 Å². The van der Waals surface area contributed by atoms with Crippen LogP contribution in [0, 0.1) is 6.92 Å². The van der Waals surface area contributed by atoms with E-state index in [1.807, 2.05) is 37.4 Å². The quantitative estimate of drug-likeness (QED) is 0.404. The number of nitrogens with two attached hydrogens (primary N) is 1. The molecule has 0 fully saturated rings. The highest BCUT2D eigenvalue weighted by Gasteiger charge is 2.10. The third-order valence-electron chi connectivity index (χ3n) is 2.41. The average molecular weight is 275 g/mol. The van der Waals surface area contributed by atoms with E-state index in [0.29, 0.717) is 16.5 Å². The Morgan fingerprint density at radius 3 is 2.72 bits per heavy atom. The Hall–Kier alpha value is -1.46. The first-order chi connectivity index (χ1) is 8.60. The van der Waals surface area contributed by atoms with Crippen LogP contribution in [0.1, 0.15) is 17.0 Å². The molecule has 5 heteroatoms. The van der Waals surface area contributed by atoms with Crippen LogP contribution in [0.5, 0.6) is 0 Å². The van der Waals surface area contributed by atoms with E-state index in [-0.39, 0.29) is 0 Å². The molecule has 0 bridgehead atoms. The van der Waals surface area contributed by atoms with Gasteiger partial charge in [-0.25, -0.2) is 9.97 Å². The van der Waals surface area contributed by atoms with Gasteiger partial charge in [-0.1, -0.05) is 42.0 Å². The van der Waals surface area contributed by atoms with E-state index in [0.717, 1.165) is 16.2 Å². The molecule has 1 aromatic heterocycles.